The SMILES string of the molecule is COc1ccc(OCCCS(=O)(=O)N[C@@H](CCCCCC(=O)O)C(=O)O)cc1. The third-order valence-corrected chi connectivity index (χ3v) is 5.36. The normalized spacial score (nSPS) is 12.3. The Balaban J connectivity index is 2.35. The number of carboxylic acids is 2. The number of sulfonamides is 1. The summed E-state index contributed by atoms with van der Waals surface area (Å²) in [6.45, 7) is 0.167. The van der Waals surface area contributed by atoms with Crippen molar-refractivity contribution in [3.8, 4) is 11.5 Å². The molecule has 0 saturated carbocycles. The molecule has 0 bridgehead atoms. The molecule has 0 saturated heterocycles. The highest BCUT2D eigenvalue weighted by Gasteiger charge is 2.23. The lowest BCUT2D eigenvalue weighted by molar-refractivity contribution is -0.139. The summed E-state index contributed by atoms with van der Waals surface area (Å²) in [7, 11) is -2.22. The van der Waals surface area contributed by atoms with Crippen molar-refractivity contribution in [2.24, 2.45) is 0 Å². The van der Waals surface area contributed by atoms with Crippen LogP contribution in [-0.2, 0) is 19.6 Å². The van der Waals surface area contributed by atoms with Crippen molar-refractivity contribution in [3.63, 3.8) is 0 Å². The van der Waals surface area contributed by atoms with Crippen molar-refractivity contribution in [1.82, 2.24) is 4.72 Å². The van der Waals surface area contributed by atoms with Gasteiger partial charge in [-0.25, -0.2) is 13.1 Å². The van der Waals surface area contributed by atoms with Crippen LogP contribution in [0.1, 0.15) is 38.5 Å². The van der Waals surface area contributed by atoms with Crippen LogP contribution in [-0.4, -0.2) is 56.1 Å². The Morgan fingerprint density at radius 3 is 2.25 bits per heavy atom. The molecule has 0 aliphatic rings. The first-order chi connectivity index (χ1) is 13.2. The van der Waals surface area contributed by atoms with Gasteiger partial charge in [0.25, 0.3) is 0 Å². The minimum absolute atomic E-state index is 0.0116. The predicted molar refractivity (Wildman–Crippen MR) is 102 cm³/mol. The molecule has 9 nitrogen and oxygen atoms in total. The fourth-order valence-corrected chi connectivity index (χ4v) is 3.69. The van der Waals surface area contributed by atoms with E-state index < -0.39 is 28.0 Å². The number of benzene rings is 1. The number of hydrogen-bond donors (Lipinski definition) is 3. The highest BCUT2D eigenvalue weighted by atomic mass is 32.2. The molecule has 0 unspecified atom stereocenters. The van der Waals surface area contributed by atoms with Gasteiger partial charge in [0.05, 0.1) is 19.5 Å². The van der Waals surface area contributed by atoms with Crippen LogP contribution < -0.4 is 14.2 Å². The van der Waals surface area contributed by atoms with Crippen LogP contribution in [0.15, 0.2) is 24.3 Å². The molecule has 0 aliphatic carbocycles. The zero-order valence-corrected chi connectivity index (χ0v) is 16.6. The minimum Gasteiger partial charge on any atom is -0.497 e. The first-order valence-corrected chi connectivity index (χ1v) is 10.6. The molecule has 1 aromatic rings. The van der Waals surface area contributed by atoms with Crippen LogP contribution in [0, 0.1) is 0 Å². The molecule has 0 spiro atoms. The summed E-state index contributed by atoms with van der Waals surface area (Å²) in [5.74, 6) is -1.16. The molecule has 1 aromatic carbocycles. The number of ether oxygens (including phenoxy) is 2. The molecule has 0 amide bonds. The summed E-state index contributed by atoms with van der Waals surface area (Å²) in [5.41, 5.74) is 0. The number of rotatable bonds is 15. The first-order valence-electron chi connectivity index (χ1n) is 8.95. The lowest BCUT2D eigenvalue weighted by atomic mass is 10.1. The van der Waals surface area contributed by atoms with E-state index in [4.69, 9.17) is 14.6 Å². The maximum Gasteiger partial charge on any atom is 0.321 e. The van der Waals surface area contributed by atoms with Gasteiger partial charge in [0.2, 0.25) is 10.0 Å². The first kappa shape index (κ1) is 23.7. The van der Waals surface area contributed by atoms with E-state index in [0.29, 0.717) is 30.8 Å². The molecule has 0 aromatic heterocycles. The van der Waals surface area contributed by atoms with Crippen molar-refractivity contribution in [2.75, 3.05) is 19.5 Å². The smallest absolute Gasteiger partial charge is 0.321 e. The molecule has 158 valence electrons. The average molecular weight is 417 g/mol. The van der Waals surface area contributed by atoms with Crippen molar-refractivity contribution >= 4 is 22.0 Å². The zero-order chi connectivity index (χ0) is 21.0. The Morgan fingerprint density at radius 2 is 1.68 bits per heavy atom. The van der Waals surface area contributed by atoms with Crippen molar-refractivity contribution < 1.29 is 37.7 Å². The number of carboxylic acid groups (broad SMARTS) is 2. The monoisotopic (exact) mass is 417 g/mol. The summed E-state index contributed by atoms with van der Waals surface area (Å²) in [6.07, 6.45) is 1.69. The van der Waals surface area contributed by atoms with Crippen LogP contribution in [0.5, 0.6) is 11.5 Å². The summed E-state index contributed by atoms with van der Waals surface area (Å²) in [4.78, 5) is 21.7. The molecule has 1 atom stereocenters. The van der Waals surface area contributed by atoms with Crippen LogP contribution >= 0.6 is 0 Å². The number of aliphatic carboxylic acids is 2. The van der Waals surface area contributed by atoms with Crippen molar-refractivity contribution in [1.29, 1.82) is 0 Å². The van der Waals surface area contributed by atoms with Crippen LogP contribution in [0.2, 0.25) is 0 Å². The third-order valence-electron chi connectivity index (χ3n) is 3.89. The molecular formula is C18H27NO8S. The number of hydrogen-bond acceptors (Lipinski definition) is 6. The molecule has 10 heteroatoms. The topological polar surface area (TPSA) is 139 Å². The van der Waals surface area contributed by atoms with Gasteiger partial charge in [0.1, 0.15) is 17.5 Å². The summed E-state index contributed by atoms with van der Waals surface area (Å²) in [5, 5.41) is 17.7. The van der Waals surface area contributed by atoms with E-state index in [1.807, 2.05) is 0 Å². The fourth-order valence-electron chi connectivity index (χ4n) is 2.42. The molecule has 28 heavy (non-hydrogen) atoms. The standard InChI is InChI=1S/C18H27NO8S/c1-26-14-8-10-15(11-9-14)27-12-5-13-28(24,25)19-16(18(22)23)6-3-2-4-7-17(20)21/h8-11,16,19H,2-7,12-13H2,1H3,(H,20,21)(H,22,23)/t16-/m0/s1. The van der Waals surface area contributed by atoms with E-state index in [0.717, 1.165) is 0 Å². The molecule has 3 N–H and O–H groups in total. The quantitative estimate of drug-likeness (QED) is 0.368. The van der Waals surface area contributed by atoms with E-state index in [1.54, 1.807) is 31.4 Å². The zero-order valence-electron chi connectivity index (χ0n) is 15.8. The second-order valence-electron chi connectivity index (χ2n) is 6.20. The van der Waals surface area contributed by atoms with Crippen LogP contribution in [0.25, 0.3) is 0 Å². The van der Waals surface area contributed by atoms with Crippen molar-refractivity contribution in [2.45, 2.75) is 44.6 Å². The van der Waals surface area contributed by atoms with Gasteiger partial charge in [-0.1, -0.05) is 12.8 Å². The van der Waals surface area contributed by atoms with Gasteiger partial charge < -0.3 is 19.7 Å². The third kappa shape index (κ3) is 10.1. The number of carbonyl (C=O) groups is 2. The number of nitrogens with one attached hydrogen (secondary N) is 1. The predicted octanol–water partition coefficient (Wildman–Crippen LogP) is 1.87. The van der Waals surface area contributed by atoms with E-state index >= 15 is 0 Å². The van der Waals surface area contributed by atoms with Gasteiger partial charge in [-0.05, 0) is 43.5 Å². The maximum absolute atomic E-state index is 12.1. The second kappa shape index (κ2) is 12.2. The molecule has 1 rings (SSSR count). The largest absolute Gasteiger partial charge is 0.497 e. The Bertz CT molecular complexity index is 718. The Morgan fingerprint density at radius 1 is 1.04 bits per heavy atom. The molecular weight excluding hydrogens is 390 g/mol. The molecule has 0 radical (unpaired) electrons. The van der Waals surface area contributed by atoms with Gasteiger partial charge in [-0.15, -0.1) is 0 Å². The van der Waals surface area contributed by atoms with Crippen LogP contribution in [0.3, 0.4) is 0 Å². The highest BCUT2D eigenvalue weighted by Crippen LogP contribution is 2.17. The van der Waals surface area contributed by atoms with Crippen molar-refractivity contribution in [3.05, 3.63) is 24.3 Å². The average Bonchev–Trinajstić information content (AvgIpc) is 2.64. The lowest BCUT2D eigenvalue weighted by Gasteiger charge is -2.15. The van der Waals surface area contributed by atoms with E-state index in [1.165, 1.54) is 0 Å². The van der Waals surface area contributed by atoms with Gasteiger partial charge in [0.15, 0.2) is 0 Å². The number of methoxy groups -OCH3 is 1. The van der Waals surface area contributed by atoms with Crippen LogP contribution in [0.4, 0.5) is 0 Å². The minimum atomic E-state index is -3.77. The molecule has 0 aliphatic heterocycles. The second-order valence-corrected chi connectivity index (χ2v) is 8.07. The summed E-state index contributed by atoms with van der Waals surface area (Å²) >= 11 is 0. The lowest BCUT2D eigenvalue weighted by Crippen LogP contribution is -2.42. The molecule has 0 heterocycles. The van der Waals surface area contributed by atoms with Gasteiger partial charge in [-0.2, -0.15) is 0 Å². The van der Waals surface area contributed by atoms with Gasteiger partial charge in [-0.3, -0.25) is 9.59 Å². The maximum atomic E-state index is 12.1. The number of unbranched alkanes of at least 4 members (excludes halogenated alkanes) is 2. The van der Waals surface area contributed by atoms with E-state index in [9.17, 15) is 23.1 Å². The summed E-state index contributed by atoms with van der Waals surface area (Å²) in [6, 6.07) is 5.63. The fraction of sp³-hybridized carbons (Fsp3) is 0.556. The van der Waals surface area contributed by atoms with E-state index in [-0.39, 0.29) is 31.6 Å². The van der Waals surface area contributed by atoms with Gasteiger partial charge >= 0.3 is 11.9 Å². The highest BCUT2D eigenvalue weighted by molar-refractivity contribution is 7.89. The Labute approximate surface area is 164 Å². The Kier molecular flexibility index (Phi) is 10.3. The molecule has 0 fully saturated rings. The van der Waals surface area contributed by atoms with Gasteiger partial charge in [0, 0.05) is 6.42 Å². The summed E-state index contributed by atoms with van der Waals surface area (Å²) < 4.78 is 36.9. The van der Waals surface area contributed by atoms with E-state index in [2.05, 4.69) is 4.72 Å². The Hall–Kier alpha value is -2.33.